The molecule has 1 aromatic carbocycles. The van der Waals surface area contributed by atoms with Crippen molar-refractivity contribution in [2.24, 2.45) is 0 Å². The van der Waals surface area contributed by atoms with Crippen molar-refractivity contribution in [2.75, 3.05) is 0 Å². The topological polar surface area (TPSA) is 80.1 Å². The third kappa shape index (κ3) is 4.15. The number of benzene rings is 1. The van der Waals surface area contributed by atoms with Crippen LogP contribution in [0.4, 0.5) is 0 Å². The summed E-state index contributed by atoms with van der Waals surface area (Å²) < 4.78 is 1.12. The van der Waals surface area contributed by atoms with Crippen molar-refractivity contribution in [3.63, 3.8) is 0 Å². The van der Waals surface area contributed by atoms with Crippen LogP contribution in [0.1, 0.15) is 16.6 Å². The Morgan fingerprint density at radius 2 is 1.71 bits per heavy atom. The smallest absolute Gasteiger partial charge is 0.205 e. The van der Waals surface area contributed by atoms with Crippen LogP contribution in [0.2, 0.25) is 0 Å². The van der Waals surface area contributed by atoms with E-state index in [4.69, 9.17) is 0 Å². The van der Waals surface area contributed by atoms with Crippen molar-refractivity contribution < 1.29 is 15.7 Å². The van der Waals surface area contributed by atoms with Crippen molar-refractivity contribution in [2.45, 2.75) is 6.92 Å². The molecule has 1 radical (unpaired) electrons. The average Bonchev–Trinajstić information content (AvgIpc) is 2.68. The number of Topliss-reactive ketones (excluding diaryl/α,β-unsaturated/α-hetero) is 1. The number of carbonyl (C=O) groups excluding carboxylic acids is 1. The van der Waals surface area contributed by atoms with Crippen LogP contribution in [0.5, 0.6) is 0 Å². The van der Waals surface area contributed by atoms with Gasteiger partial charge in [-0.05, 0) is 17.8 Å². The maximum absolute atomic E-state index is 11.1. The molecule has 0 saturated heterocycles. The van der Waals surface area contributed by atoms with Crippen molar-refractivity contribution >= 4 is 34.6 Å². The molecule has 2 rings (SSSR count). The van der Waals surface area contributed by atoms with Gasteiger partial charge in [0.2, 0.25) is 7.28 Å². The molecule has 17 heavy (non-hydrogen) atoms. The summed E-state index contributed by atoms with van der Waals surface area (Å²) in [5, 5.41) is 0. The van der Waals surface area contributed by atoms with Crippen molar-refractivity contribution in [1.82, 2.24) is 0 Å². The number of thiophene rings is 1. The van der Waals surface area contributed by atoms with E-state index in [0.29, 0.717) is 0 Å². The number of rotatable bonds is 3. The summed E-state index contributed by atoms with van der Waals surface area (Å²) >= 11 is 1.53. The van der Waals surface area contributed by atoms with Crippen LogP contribution in [0.15, 0.2) is 42.5 Å². The molecular formula is C12H14BO3S. The first kappa shape index (κ1) is 15.6. The number of ketones is 1. The van der Waals surface area contributed by atoms with Gasteiger partial charge in [0.1, 0.15) is 0 Å². The average molecular weight is 249 g/mol. The van der Waals surface area contributed by atoms with E-state index in [1.165, 1.54) is 11.3 Å². The van der Waals surface area contributed by atoms with Gasteiger partial charge in [-0.1, -0.05) is 41.9 Å². The van der Waals surface area contributed by atoms with Gasteiger partial charge in [0.05, 0.1) is 4.88 Å². The molecule has 0 unspecified atom stereocenters. The van der Waals surface area contributed by atoms with E-state index >= 15 is 0 Å². The molecule has 0 saturated carbocycles. The minimum Gasteiger partial charge on any atom is -0.412 e. The minimum absolute atomic E-state index is 0. The first-order valence-electron chi connectivity index (χ1n) is 4.76. The summed E-state index contributed by atoms with van der Waals surface area (Å²) in [6, 6.07) is 14.0. The summed E-state index contributed by atoms with van der Waals surface area (Å²) in [7, 11) is 2.08. The molecule has 0 aliphatic rings. The lowest BCUT2D eigenvalue weighted by molar-refractivity contribution is 0.102. The highest BCUT2D eigenvalue weighted by atomic mass is 32.1. The second kappa shape index (κ2) is 7.01. The highest BCUT2D eigenvalue weighted by molar-refractivity contribution is 7.24. The molecule has 0 aliphatic heterocycles. The van der Waals surface area contributed by atoms with Crippen LogP contribution in [0.3, 0.4) is 0 Å². The molecule has 4 N–H and O–H groups in total. The zero-order chi connectivity index (χ0) is 10.7. The van der Waals surface area contributed by atoms with E-state index in [-0.39, 0.29) is 16.7 Å². The molecule has 0 amide bonds. The van der Waals surface area contributed by atoms with Crippen LogP contribution in [0, 0.1) is 0 Å². The van der Waals surface area contributed by atoms with E-state index in [2.05, 4.69) is 7.28 Å². The Morgan fingerprint density at radius 3 is 2.24 bits per heavy atom. The fourth-order valence-corrected chi connectivity index (χ4v) is 2.20. The highest BCUT2D eigenvalue weighted by Crippen LogP contribution is 2.06. The summed E-state index contributed by atoms with van der Waals surface area (Å²) in [6.45, 7) is 1.60. The Hall–Kier alpha value is -1.43. The summed E-state index contributed by atoms with van der Waals surface area (Å²) in [5.41, 5.74) is 1.16. The first-order valence-corrected chi connectivity index (χ1v) is 5.58. The highest BCUT2D eigenvalue weighted by Gasteiger charge is 2.05. The van der Waals surface area contributed by atoms with E-state index < -0.39 is 0 Å². The summed E-state index contributed by atoms with van der Waals surface area (Å²) in [4.78, 5) is 11.9. The molecule has 5 heteroatoms. The predicted molar refractivity (Wildman–Crippen MR) is 73.0 cm³/mol. The Labute approximate surface area is 105 Å². The summed E-state index contributed by atoms with van der Waals surface area (Å²) in [5.74, 6) is 0.132. The zero-order valence-corrected chi connectivity index (χ0v) is 10.3. The Balaban J connectivity index is 0.00000128. The van der Waals surface area contributed by atoms with Crippen molar-refractivity contribution in [3.05, 3.63) is 47.3 Å². The van der Waals surface area contributed by atoms with Crippen molar-refractivity contribution in [3.8, 4) is 0 Å². The van der Waals surface area contributed by atoms with E-state index in [0.717, 1.165) is 15.1 Å². The Bertz CT molecular complexity index is 468. The van der Waals surface area contributed by atoms with Gasteiger partial charge in [-0.3, -0.25) is 4.79 Å². The third-order valence-corrected chi connectivity index (χ3v) is 3.22. The molecule has 0 aliphatic carbocycles. The van der Waals surface area contributed by atoms with Gasteiger partial charge in [-0.2, -0.15) is 0 Å². The lowest BCUT2D eigenvalue weighted by Crippen LogP contribution is -2.23. The van der Waals surface area contributed by atoms with Crippen LogP contribution in [0.25, 0.3) is 0 Å². The number of hydrogen-bond donors (Lipinski definition) is 0. The zero-order valence-electron chi connectivity index (χ0n) is 9.44. The molecule has 1 aromatic heterocycles. The second-order valence-corrected chi connectivity index (χ2v) is 4.43. The second-order valence-electron chi connectivity index (χ2n) is 3.31. The molecule has 0 spiro atoms. The quantitative estimate of drug-likeness (QED) is 0.555. The van der Waals surface area contributed by atoms with Crippen LogP contribution in [-0.4, -0.2) is 24.0 Å². The molecule has 1 heterocycles. The molecule has 0 bridgehead atoms. The molecule has 89 valence electrons. The lowest BCUT2D eigenvalue weighted by atomic mass is 9.69. The number of hydrogen-bond acceptors (Lipinski definition) is 2. The normalized spacial score (nSPS) is 8.76. The van der Waals surface area contributed by atoms with Crippen LogP contribution in [-0.2, 0) is 0 Å². The molecule has 2 aromatic rings. The third-order valence-electron chi connectivity index (χ3n) is 2.08. The van der Waals surface area contributed by atoms with Gasteiger partial charge in [0.25, 0.3) is 0 Å². The Morgan fingerprint density at radius 1 is 1.06 bits per heavy atom. The standard InChI is InChI=1S/C12H10BOS.2H2O/c1-9(14)11-7-8-12(15-11)13-10-5-3-2-4-6-10;;/h2-8H,1H3;2*1H2. The lowest BCUT2D eigenvalue weighted by Gasteiger charge is -1.94. The maximum Gasteiger partial charge on any atom is 0.205 e. The molecule has 3 nitrogen and oxygen atoms in total. The van der Waals surface area contributed by atoms with Gasteiger partial charge in [0.15, 0.2) is 5.78 Å². The fraction of sp³-hybridized carbons (Fsp3) is 0.0833. The van der Waals surface area contributed by atoms with E-state index in [1.54, 1.807) is 6.92 Å². The van der Waals surface area contributed by atoms with E-state index in [1.807, 2.05) is 42.5 Å². The van der Waals surface area contributed by atoms with Gasteiger partial charge in [-0.15, -0.1) is 11.3 Å². The monoisotopic (exact) mass is 249 g/mol. The largest absolute Gasteiger partial charge is 0.412 e. The molecular weight excluding hydrogens is 235 g/mol. The van der Waals surface area contributed by atoms with E-state index in [9.17, 15) is 4.79 Å². The SMILES string of the molecule is CC(=O)c1ccc([B]c2ccccc2)s1.O.O. The van der Waals surface area contributed by atoms with Gasteiger partial charge in [0, 0.05) is 0 Å². The van der Waals surface area contributed by atoms with Gasteiger partial charge >= 0.3 is 0 Å². The van der Waals surface area contributed by atoms with Crippen LogP contribution < -0.4 is 10.2 Å². The molecule has 0 atom stereocenters. The fourth-order valence-electron chi connectivity index (χ4n) is 1.33. The van der Waals surface area contributed by atoms with Gasteiger partial charge in [-0.25, -0.2) is 0 Å². The van der Waals surface area contributed by atoms with Crippen LogP contribution >= 0.6 is 11.3 Å². The van der Waals surface area contributed by atoms with Crippen molar-refractivity contribution in [1.29, 1.82) is 0 Å². The number of carbonyl (C=O) groups is 1. The minimum atomic E-state index is 0. The first-order chi connectivity index (χ1) is 7.25. The Kier molecular flexibility index (Phi) is 6.42. The maximum atomic E-state index is 11.1. The predicted octanol–water partition coefficient (Wildman–Crippen LogP) is -0.0437. The van der Waals surface area contributed by atoms with Gasteiger partial charge < -0.3 is 11.0 Å². The molecule has 0 fully saturated rings. The summed E-state index contributed by atoms with van der Waals surface area (Å²) in [6.07, 6.45) is 0.